The second-order valence-corrected chi connectivity index (χ2v) is 5.89. The van der Waals surface area contributed by atoms with Crippen LogP contribution in [0.2, 0.25) is 0 Å². The van der Waals surface area contributed by atoms with Gasteiger partial charge in [0.1, 0.15) is 5.75 Å². The Hall–Kier alpha value is -2.08. The summed E-state index contributed by atoms with van der Waals surface area (Å²) in [5.41, 5.74) is 1.14. The van der Waals surface area contributed by atoms with Crippen LogP contribution in [0.1, 0.15) is 36.5 Å². The molecule has 0 saturated carbocycles. The Kier molecular flexibility index (Phi) is 5.98. The number of anilines is 1. The molecule has 1 aliphatic rings. The van der Waals surface area contributed by atoms with E-state index in [0.29, 0.717) is 30.0 Å². The van der Waals surface area contributed by atoms with Gasteiger partial charge in [0, 0.05) is 32.1 Å². The SMILES string of the molecule is CCOc1cc(C(=O)N(C)C)ccc1NC(=O)CC1CCCN1. The van der Waals surface area contributed by atoms with Crippen molar-refractivity contribution in [3.05, 3.63) is 23.8 Å². The van der Waals surface area contributed by atoms with Gasteiger partial charge in [-0.2, -0.15) is 0 Å². The zero-order chi connectivity index (χ0) is 16.8. The Morgan fingerprint density at radius 1 is 1.39 bits per heavy atom. The molecule has 2 amide bonds. The number of nitrogens with zero attached hydrogens (tertiary/aromatic N) is 1. The fraction of sp³-hybridized carbons (Fsp3) is 0.529. The van der Waals surface area contributed by atoms with Crippen LogP contribution in [0.3, 0.4) is 0 Å². The Morgan fingerprint density at radius 3 is 2.78 bits per heavy atom. The molecule has 1 unspecified atom stereocenters. The maximum absolute atomic E-state index is 12.2. The van der Waals surface area contributed by atoms with E-state index in [1.54, 1.807) is 32.3 Å². The molecule has 0 aromatic heterocycles. The zero-order valence-corrected chi connectivity index (χ0v) is 14.0. The lowest BCUT2D eigenvalue weighted by Gasteiger charge is -2.16. The van der Waals surface area contributed by atoms with E-state index in [-0.39, 0.29) is 17.9 Å². The first-order valence-electron chi connectivity index (χ1n) is 8.03. The molecule has 1 heterocycles. The smallest absolute Gasteiger partial charge is 0.253 e. The van der Waals surface area contributed by atoms with Crippen LogP contribution in [-0.2, 0) is 4.79 Å². The van der Waals surface area contributed by atoms with Crippen molar-refractivity contribution in [2.45, 2.75) is 32.2 Å². The normalized spacial score (nSPS) is 16.9. The average molecular weight is 319 g/mol. The monoisotopic (exact) mass is 319 g/mol. The topological polar surface area (TPSA) is 70.7 Å². The molecular formula is C17H25N3O3. The Labute approximate surface area is 137 Å². The minimum absolute atomic E-state index is 0.0444. The van der Waals surface area contributed by atoms with E-state index in [1.165, 1.54) is 4.90 Å². The third-order valence-electron chi connectivity index (χ3n) is 3.80. The first-order valence-corrected chi connectivity index (χ1v) is 8.03. The van der Waals surface area contributed by atoms with Gasteiger partial charge in [0.15, 0.2) is 0 Å². The maximum Gasteiger partial charge on any atom is 0.253 e. The molecule has 6 heteroatoms. The number of hydrogen-bond acceptors (Lipinski definition) is 4. The highest BCUT2D eigenvalue weighted by atomic mass is 16.5. The van der Waals surface area contributed by atoms with E-state index < -0.39 is 0 Å². The fourth-order valence-electron chi connectivity index (χ4n) is 2.65. The number of carbonyl (C=O) groups excluding carboxylic acids is 2. The number of nitrogens with one attached hydrogen (secondary N) is 2. The average Bonchev–Trinajstić information content (AvgIpc) is 3.01. The van der Waals surface area contributed by atoms with E-state index in [0.717, 1.165) is 19.4 Å². The summed E-state index contributed by atoms with van der Waals surface area (Å²) in [6.07, 6.45) is 2.59. The van der Waals surface area contributed by atoms with E-state index in [4.69, 9.17) is 4.74 Å². The van der Waals surface area contributed by atoms with Crippen LogP contribution in [-0.4, -0.2) is 50.0 Å². The molecule has 2 rings (SSSR count). The summed E-state index contributed by atoms with van der Waals surface area (Å²) in [4.78, 5) is 25.7. The second-order valence-electron chi connectivity index (χ2n) is 5.89. The highest BCUT2D eigenvalue weighted by Crippen LogP contribution is 2.27. The van der Waals surface area contributed by atoms with Crippen LogP contribution in [0.15, 0.2) is 18.2 Å². The van der Waals surface area contributed by atoms with Crippen molar-refractivity contribution in [2.75, 3.05) is 32.6 Å². The summed E-state index contributed by atoms with van der Waals surface area (Å²) in [7, 11) is 3.40. The second kappa shape index (κ2) is 7.97. The van der Waals surface area contributed by atoms with E-state index in [1.807, 2.05) is 6.92 Å². The van der Waals surface area contributed by atoms with Crippen molar-refractivity contribution in [3.8, 4) is 5.75 Å². The minimum Gasteiger partial charge on any atom is -0.492 e. The standard InChI is InChI=1S/C17H25N3O3/c1-4-23-15-10-12(17(22)20(2)3)7-8-14(15)19-16(21)11-13-6-5-9-18-13/h7-8,10,13,18H,4-6,9,11H2,1-3H3,(H,19,21). The van der Waals surface area contributed by atoms with Gasteiger partial charge in [-0.05, 0) is 44.5 Å². The molecule has 1 aromatic rings. The van der Waals surface area contributed by atoms with Gasteiger partial charge >= 0.3 is 0 Å². The van der Waals surface area contributed by atoms with Crippen molar-refractivity contribution >= 4 is 17.5 Å². The van der Waals surface area contributed by atoms with Crippen LogP contribution in [0.5, 0.6) is 5.75 Å². The molecule has 0 aliphatic carbocycles. The number of amides is 2. The fourth-order valence-corrected chi connectivity index (χ4v) is 2.65. The van der Waals surface area contributed by atoms with Gasteiger partial charge in [0.2, 0.25) is 5.91 Å². The zero-order valence-electron chi connectivity index (χ0n) is 14.0. The summed E-state index contributed by atoms with van der Waals surface area (Å²) in [5, 5.41) is 6.20. The molecule has 0 radical (unpaired) electrons. The quantitative estimate of drug-likeness (QED) is 0.840. The maximum atomic E-state index is 12.2. The van der Waals surface area contributed by atoms with Gasteiger partial charge < -0.3 is 20.3 Å². The van der Waals surface area contributed by atoms with Crippen LogP contribution in [0.4, 0.5) is 5.69 Å². The van der Waals surface area contributed by atoms with Gasteiger partial charge in [-0.15, -0.1) is 0 Å². The van der Waals surface area contributed by atoms with Crippen molar-refractivity contribution in [1.29, 1.82) is 0 Å². The number of hydrogen-bond donors (Lipinski definition) is 2. The van der Waals surface area contributed by atoms with Crippen molar-refractivity contribution < 1.29 is 14.3 Å². The molecule has 23 heavy (non-hydrogen) atoms. The van der Waals surface area contributed by atoms with Gasteiger partial charge in [-0.3, -0.25) is 9.59 Å². The summed E-state index contributed by atoms with van der Waals surface area (Å²) in [6.45, 7) is 3.31. The highest BCUT2D eigenvalue weighted by Gasteiger charge is 2.19. The van der Waals surface area contributed by atoms with Crippen molar-refractivity contribution in [2.24, 2.45) is 0 Å². The molecule has 1 aromatic carbocycles. The van der Waals surface area contributed by atoms with E-state index in [2.05, 4.69) is 10.6 Å². The molecule has 1 saturated heterocycles. The minimum atomic E-state index is -0.0982. The van der Waals surface area contributed by atoms with Gasteiger partial charge in [0.25, 0.3) is 5.91 Å². The molecular weight excluding hydrogens is 294 g/mol. The summed E-state index contributed by atoms with van der Waals surface area (Å²) < 4.78 is 5.58. The first-order chi connectivity index (χ1) is 11.0. The lowest BCUT2D eigenvalue weighted by Crippen LogP contribution is -2.27. The molecule has 0 bridgehead atoms. The van der Waals surface area contributed by atoms with Gasteiger partial charge in [-0.25, -0.2) is 0 Å². The first kappa shape index (κ1) is 17.3. The van der Waals surface area contributed by atoms with Crippen LogP contribution >= 0.6 is 0 Å². The Bertz CT molecular complexity index is 566. The van der Waals surface area contributed by atoms with E-state index in [9.17, 15) is 9.59 Å². The highest BCUT2D eigenvalue weighted by molar-refractivity contribution is 5.97. The van der Waals surface area contributed by atoms with Crippen molar-refractivity contribution in [3.63, 3.8) is 0 Å². The molecule has 1 fully saturated rings. The molecule has 1 aliphatic heterocycles. The number of rotatable bonds is 6. The molecule has 126 valence electrons. The summed E-state index contributed by atoms with van der Waals surface area (Å²) in [6, 6.07) is 5.35. The molecule has 2 N–H and O–H groups in total. The third-order valence-corrected chi connectivity index (χ3v) is 3.80. The number of carbonyl (C=O) groups is 2. The predicted molar refractivity (Wildman–Crippen MR) is 89.9 cm³/mol. The lowest BCUT2D eigenvalue weighted by atomic mass is 10.1. The summed E-state index contributed by atoms with van der Waals surface area (Å²) in [5.74, 6) is 0.379. The van der Waals surface area contributed by atoms with Gasteiger partial charge in [0.05, 0.1) is 12.3 Å². The van der Waals surface area contributed by atoms with Crippen LogP contribution < -0.4 is 15.4 Å². The number of benzene rings is 1. The van der Waals surface area contributed by atoms with Crippen LogP contribution in [0.25, 0.3) is 0 Å². The Morgan fingerprint density at radius 2 is 2.17 bits per heavy atom. The third kappa shape index (κ3) is 4.69. The number of ether oxygens (including phenoxy) is 1. The Balaban J connectivity index is 2.10. The largest absolute Gasteiger partial charge is 0.492 e. The lowest BCUT2D eigenvalue weighted by molar-refractivity contribution is -0.116. The molecule has 0 spiro atoms. The van der Waals surface area contributed by atoms with E-state index >= 15 is 0 Å². The predicted octanol–water partition coefficient (Wildman–Crippen LogP) is 1.87. The van der Waals surface area contributed by atoms with Gasteiger partial charge in [-0.1, -0.05) is 0 Å². The molecule has 1 atom stereocenters. The van der Waals surface area contributed by atoms with Crippen LogP contribution in [0, 0.1) is 0 Å². The molecule has 6 nitrogen and oxygen atoms in total. The van der Waals surface area contributed by atoms with Crippen molar-refractivity contribution in [1.82, 2.24) is 10.2 Å². The summed E-state index contributed by atoms with van der Waals surface area (Å²) >= 11 is 0.